The van der Waals surface area contributed by atoms with Crippen molar-refractivity contribution >= 4 is 11.9 Å². The number of aromatic carboxylic acids is 1. The molecule has 22 heavy (non-hydrogen) atoms. The van der Waals surface area contributed by atoms with E-state index in [1.54, 1.807) is 12.1 Å². The minimum atomic E-state index is -0.950. The third-order valence-corrected chi connectivity index (χ3v) is 2.67. The predicted octanol–water partition coefficient (Wildman–Crippen LogP) is 2.06. The summed E-state index contributed by atoms with van der Waals surface area (Å²) >= 11 is 0. The first kappa shape index (κ1) is 17.2. The maximum Gasteiger partial charge on any atom is 0.337 e. The molecular weight excluding hydrogens is 288 g/mol. The van der Waals surface area contributed by atoms with Crippen molar-refractivity contribution in [3.63, 3.8) is 0 Å². The average Bonchev–Trinajstić information content (AvgIpc) is 2.55. The maximum absolute atomic E-state index is 10.8. The van der Waals surface area contributed by atoms with Crippen LogP contribution in [0.15, 0.2) is 48.5 Å². The topological polar surface area (TPSA) is 104 Å². The monoisotopic (exact) mass is 304 g/mol. The maximum atomic E-state index is 10.8. The molecule has 0 heterocycles. The molecule has 2 rings (SSSR count). The van der Waals surface area contributed by atoms with Gasteiger partial charge in [-0.15, -0.1) is 0 Å². The molecule has 0 unspecified atom stereocenters. The zero-order valence-electron chi connectivity index (χ0n) is 11.9. The molecule has 0 aromatic heterocycles. The highest BCUT2D eigenvalue weighted by Gasteiger charge is 2.02. The van der Waals surface area contributed by atoms with Gasteiger partial charge < -0.3 is 20.1 Å². The van der Waals surface area contributed by atoms with Crippen LogP contribution < -0.4 is 0 Å². The number of carbonyl (C=O) groups is 2. The van der Waals surface area contributed by atoms with Crippen molar-refractivity contribution in [1.29, 1.82) is 0 Å². The number of hydrogen-bond donors (Lipinski definition) is 3. The number of phenolic OH excluding ortho intramolecular Hbond substituents is 1. The van der Waals surface area contributed by atoms with Crippen molar-refractivity contribution < 1.29 is 29.6 Å². The van der Waals surface area contributed by atoms with Crippen LogP contribution in [-0.2, 0) is 11.3 Å². The Labute approximate surface area is 127 Å². The van der Waals surface area contributed by atoms with E-state index >= 15 is 0 Å². The van der Waals surface area contributed by atoms with Crippen molar-refractivity contribution in [2.24, 2.45) is 0 Å². The van der Waals surface area contributed by atoms with Gasteiger partial charge in [-0.2, -0.15) is 0 Å². The lowest BCUT2D eigenvalue weighted by Crippen LogP contribution is -1.99. The molecule has 0 fully saturated rings. The van der Waals surface area contributed by atoms with Crippen LogP contribution in [0.25, 0.3) is 0 Å². The Bertz CT molecular complexity index is 616. The van der Waals surface area contributed by atoms with Gasteiger partial charge in [0.05, 0.1) is 24.8 Å². The number of hydrogen-bond acceptors (Lipinski definition) is 5. The molecule has 116 valence electrons. The number of aliphatic hydroxyl groups is 1. The molecule has 0 amide bonds. The molecule has 0 aliphatic carbocycles. The van der Waals surface area contributed by atoms with E-state index in [0.717, 1.165) is 5.56 Å². The number of rotatable bonds is 3. The van der Waals surface area contributed by atoms with Crippen LogP contribution in [0.1, 0.15) is 26.3 Å². The van der Waals surface area contributed by atoms with Crippen LogP contribution in [0.2, 0.25) is 0 Å². The van der Waals surface area contributed by atoms with E-state index in [2.05, 4.69) is 4.74 Å². The van der Waals surface area contributed by atoms with E-state index in [4.69, 9.17) is 15.3 Å². The Morgan fingerprint density at radius 3 is 1.86 bits per heavy atom. The van der Waals surface area contributed by atoms with Gasteiger partial charge in [-0.3, -0.25) is 0 Å². The van der Waals surface area contributed by atoms with Crippen molar-refractivity contribution in [3.05, 3.63) is 65.2 Å². The van der Waals surface area contributed by atoms with E-state index in [-0.39, 0.29) is 17.9 Å². The van der Waals surface area contributed by atoms with Crippen LogP contribution in [0.3, 0.4) is 0 Å². The number of phenols is 1. The summed E-state index contributed by atoms with van der Waals surface area (Å²) in [5, 5.41) is 26.0. The standard InChI is InChI=1S/2C8H8O3/c1-11-8(10)6-2-4-7(9)5-3-6;9-5-6-1-3-7(4-2-6)8(10)11/h2-5,9H,1H3;1-4,9H,5H2,(H,10,11). The smallest absolute Gasteiger partial charge is 0.337 e. The van der Waals surface area contributed by atoms with E-state index in [0.29, 0.717) is 5.56 Å². The van der Waals surface area contributed by atoms with Crippen molar-refractivity contribution in [2.75, 3.05) is 7.11 Å². The second-order valence-electron chi connectivity index (χ2n) is 4.20. The van der Waals surface area contributed by atoms with E-state index in [9.17, 15) is 9.59 Å². The number of aromatic hydroxyl groups is 1. The van der Waals surface area contributed by atoms with Gasteiger partial charge in [-0.1, -0.05) is 12.1 Å². The summed E-state index contributed by atoms with van der Waals surface area (Å²) in [5.41, 5.74) is 1.39. The fourth-order valence-corrected chi connectivity index (χ4v) is 1.47. The van der Waals surface area contributed by atoms with Crippen LogP contribution in [0.4, 0.5) is 0 Å². The number of aliphatic hydroxyl groups excluding tert-OH is 1. The summed E-state index contributed by atoms with van der Waals surface area (Å²) in [4.78, 5) is 21.2. The predicted molar refractivity (Wildman–Crippen MR) is 78.8 cm³/mol. The number of methoxy groups -OCH3 is 1. The Morgan fingerprint density at radius 2 is 1.45 bits per heavy atom. The number of ether oxygens (including phenoxy) is 1. The average molecular weight is 304 g/mol. The molecule has 0 aliphatic heterocycles. The highest BCUT2D eigenvalue weighted by atomic mass is 16.5. The minimum Gasteiger partial charge on any atom is -0.508 e. The molecule has 0 saturated heterocycles. The molecule has 3 N–H and O–H groups in total. The first-order valence-electron chi connectivity index (χ1n) is 6.28. The summed E-state index contributed by atoms with van der Waals surface area (Å²) in [6.45, 7) is -0.0557. The second-order valence-corrected chi connectivity index (χ2v) is 4.20. The van der Waals surface area contributed by atoms with Gasteiger partial charge in [-0.05, 0) is 42.0 Å². The normalized spacial score (nSPS) is 9.36. The lowest BCUT2D eigenvalue weighted by atomic mass is 10.1. The second kappa shape index (κ2) is 8.43. The Hall–Kier alpha value is -2.86. The SMILES string of the molecule is COC(=O)c1ccc(O)cc1.O=C(O)c1ccc(CO)cc1. The summed E-state index contributed by atoms with van der Waals surface area (Å²) in [6, 6.07) is 12.0. The van der Waals surface area contributed by atoms with Gasteiger partial charge in [0, 0.05) is 0 Å². The summed E-state index contributed by atoms with van der Waals surface area (Å²) in [7, 11) is 1.31. The molecule has 0 saturated carbocycles. The molecule has 2 aromatic carbocycles. The van der Waals surface area contributed by atoms with Crippen LogP contribution in [0.5, 0.6) is 5.75 Å². The lowest BCUT2D eigenvalue weighted by molar-refractivity contribution is 0.0599. The van der Waals surface area contributed by atoms with E-state index < -0.39 is 11.9 Å². The Morgan fingerprint density at radius 1 is 0.955 bits per heavy atom. The van der Waals surface area contributed by atoms with Gasteiger partial charge in [0.15, 0.2) is 0 Å². The number of carboxylic acids is 1. The van der Waals surface area contributed by atoms with Crippen LogP contribution in [0, 0.1) is 0 Å². The van der Waals surface area contributed by atoms with Gasteiger partial charge in [0.2, 0.25) is 0 Å². The number of carboxylic acid groups (broad SMARTS) is 1. The first-order valence-corrected chi connectivity index (χ1v) is 6.28. The minimum absolute atomic E-state index is 0.0557. The number of esters is 1. The largest absolute Gasteiger partial charge is 0.508 e. The molecule has 6 nitrogen and oxygen atoms in total. The number of carbonyl (C=O) groups excluding carboxylic acids is 1. The number of benzene rings is 2. The molecule has 0 spiro atoms. The highest BCUT2D eigenvalue weighted by molar-refractivity contribution is 5.89. The summed E-state index contributed by atoms with van der Waals surface area (Å²) < 4.78 is 4.46. The molecule has 0 aliphatic rings. The zero-order chi connectivity index (χ0) is 16.5. The molecule has 0 radical (unpaired) electrons. The zero-order valence-corrected chi connectivity index (χ0v) is 11.9. The Kier molecular flexibility index (Phi) is 6.59. The summed E-state index contributed by atoms with van der Waals surface area (Å²) in [5.74, 6) is -1.21. The molecule has 2 aromatic rings. The van der Waals surface area contributed by atoms with Crippen LogP contribution >= 0.6 is 0 Å². The quantitative estimate of drug-likeness (QED) is 0.750. The molecule has 0 bridgehead atoms. The van der Waals surface area contributed by atoms with Gasteiger partial charge in [0.1, 0.15) is 5.75 Å². The third kappa shape index (κ3) is 5.26. The summed E-state index contributed by atoms with van der Waals surface area (Å²) in [6.07, 6.45) is 0. The fraction of sp³-hybridized carbons (Fsp3) is 0.125. The first-order chi connectivity index (χ1) is 10.5. The van der Waals surface area contributed by atoms with Crippen LogP contribution in [-0.4, -0.2) is 34.4 Å². The van der Waals surface area contributed by atoms with Gasteiger partial charge in [-0.25, -0.2) is 9.59 Å². The van der Waals surface area contributed by atoms with Gasteiger partial charge in [0.25, 0.3) is 0 Å². The fourth-order valence-electron chi connectivity index (χ4n) is 1.47. The molecule has 6 heteroatoms. The molecule has 0 atom stereocenters. The van der Waals surface area contributed by atoms with Crippen molar-refractivity contribution in [2.45, 2.75) is 6.61 Å². The molecular formula is C16H16O6. The van der Waals surface area contributed by atoms with Crippen molar-refractivity contribution in [3.8, 4) is 5.75 Å². The lowest BCUT2D eigenvalue weighted by Gasteiger charge is -1.97. The third-order valence-electron chi connectivity index (χ3n) is 2.67. The van der Waals surface area contributed by atoms with Crippen molar-refractivity contribution in [1.82, 2.24) is 0 Å². The van der Waals surface area contributed by atoms with E-state index in [1.165, 1.54) is 43.5 Å². The highest BCUT2D eigenvalue weighted by Crippen LogP contribution is 2.09. The Balaban J connectivity index is 0.000000220. The van der Waals surface area contributed by atoms with Gasteiger partial charge >= 0.3 is 11.9 Å². The van der Waals surface area contributed by atoms with E-state index in [1.807, 2.05) is 0 Å².